The standard InChI is InChI=1S/C15H24N4O3S.ClH/c1-10-6-12(18-22-10)17-14(21)11(2)23-7-13(20)19-5-4-15(3,8-16)9-19;/h6,11H,4-5,7-9,16H2,1-3H3,(H,17,18,21);1H. The number of hydrogen-bond donors (Lipinski definition) is 2. The Balaban J connectivity index is 0.00000288. The van der Waals surface area contributed by atoms with Crippen molar-refractivity contribution >= 4 is 41.8 Å². The first-order chi connectivity index (χ1) is 10.8. The summed E-state index contributed by atoms with van der Waals surface area (Å²) in [6, 6.07) is 1.65. The number of anilines is 1. The molecular weight excluding hydrogens is 352 g/mol. The van der Waals surface area contributed by atoms with Gasteiger partial charge in [-0.3, -0.25) is 9.59 Å². The average Bonchev–Trinajstić information content (AvgIpc) is 3.11. The number of aromatic nitrogens is 1. The van der Waals surface area contributed by atoms with Gasteiger partial charge in [-0.2, -0.15) is 0 Å². The van der Waals surface area contributed by atoms with Crippen LogP contribution in [0.4, 0.5) is 5.82 Å². The number of carbonyl (C=O) groups is 2. The molecule has 2 amide bonds. The van der Waals surface area contributed by atoms with Crippen LogP contribution in [-0.2, 0) is 9.59 Å². The van der Waals surface area contributed by atoms with E-state index in [1.54, 1.807) is 19.9 Å². The molecule has 0 spiro atoms. The zero-order valence-electron chi connectivity index (χ0n) is 14.2. The molecule has 24 heavy (non-hydrogen) atoms. The zero-order chi connectivity index (χ0) is 17.0. The molecule has 0 radical (unpaired) electrons. The van der Waals surface area contributed by atoms with Gasteiger partial charge < -0.3 is 20.5 Å². The van der Waals surface area contributed by atoms with E-state index in [0.29, 0.717) is 24.7 Å². The van der Waals surface area contributed by atoms with E-state index in [-0.39, 0.29) is 40.6 Å². The molecule has 3 N–H and O–H groups in total. The van der Waals surface area contributed by atoms with Crippen LogP contribution in [0.5, 0.6) is 0 Å². The Morgan fingerprint density at radius 2 is 2.29 bits per heavy atom. The van der Waals surface area contributed by atoms with Crippen LogP contribution in [-0.4, -0.2) is 52.5 Å². The number of rotatable bonds is 6. The van der Waals surface area contributed by atoms with E-state index < -0.39 is 0 Å². The molecular formula is C15H25ClN4O3S. The molecule has 1 fully saturated rings. The van der Waals surface area contributed by atoms with Gasteiger partial charge in [0.15, 0.2) is 5.82 Å². The van der Waals surface area contributed by atoms with E-state index in [4.69, 9.17) is 10.3 Å². The molecule has 1 aliphatic heterocycles. The quantitative estimate of drug-likeness (QED) is 0.782. The maximum Gasteiger partial charge on any atom is 0.238 e. The third-order valence-corrected chi connectivity index (χ3v) is 5.24. The van der Waals surface area contributed by atoms with Gasteiger partial charge in [-0.15, -0.1) is 24.2 Å². The number of halogens is 1. The Morgan fingerprint density at radius 3 is 2.83 bits per heavy atom. The molecule has 2 unspecified atom stereocenters. The molecule has 0 saturated carbocycles. The molecule has 1 aromatic rings. The summed E-state index contributed by atoms with van der Waals surface area (Å²) in [5, 5.41) is 6.04. The predicted octanol–water partition coefficient (Wildman–Crippen LogP) is 1.66. The Kier molecular flexibility index (Phi) is 7.56. The molecule has 1 saturated heterocycles. The Morgan fingerprint density at radius 1 is 1.58 bits per heavy atom. The highest BCUT2D eigenvalue weighted by Crippen LogP contribution is 2.29. The first-order valence-electron chi connectivity index (χ1n) is 7.66. The molecule has 136 valence electrons. The van der Waals surface area contributed by atoms with Crippen molar-refractivity contribution in [3.63, 3.8) is 0 Å². The fourth-order valence-corrected chi connectivity index (χ4v) is 3.21. The molecule has 1 aliphatic rings. The minimum Gasteiger partial charge on any atom is -0.360 e. The monoisotopic (exact) mass is 376 g/mol. The summed E-state index contributed by atoms with van der Waals surface area (Å²) in [6.07, 6.45) is 0.932. The van der Waals surface area contributed by atoms with Crippen LogP contribution >= 0.6 is 24.2 Å². The summed E-state index contributed by atoms with van der Waals surface area (Å²) in [7, 11) is 0. The van der Waals surface area contributed by atoms with Crippen molar-refractivity contribution in [3.8, 4) is 0 Å². The van der Waals surface area contributed by atoms with E-state index in [9.17, 15) is 9.59 Å². The third kappa shape index (κ3) is 5.39. The van der Waals surface area contributed by atoms with Crippen LogP contribution in [0.15, 0.2) is 10.6 Å². The van der Waals surface area contributed by atoms with Gasteiger partial charge in [-0.25, -0.2) is 0 Å². The SMILES string of the molecule is Cc1cc(NC(=O)C(C)SCC(=O)N2CCC(C)(CN)C2)no1.Cl. The van der Waals surface area contributed by atoms with Gasteiger partial charge >= 0.3 is 0 Å². The summed E-state index contributed by atoms with van der Waals surface area (Å²) in [5.41, 5.74) is 5.78. The number of thioether (sulfide) groups is 1. The minimum atomic E-state index is -0.348. The molecule has 2 rings (SSSR count). The number of carbonyl (C=O) groups excluding carboxylic acids is 2. The van der Waals surface area contributed by atoms with Crippen molar-refractivity contribution < 1.29 is 14.1 Å². The van der Waals surface area contributed by atoms with Gasteiger partial charge in [0, 0.05) is 19.2 Å². The van der Waals surface area contributed by atoms with Crippen molar-refractivity contribution in [2.45, 2.75) is 32.4 Å². The zero-order valence-corrected chi connectivity index (χ0v) is 15.8. The highest BCUT2D eigenvalue weighted by molar-refractivity contribution is 8.01. The second-order valence-electron chi connectivity index (χ2n) is 6.35. The molecule has 7 nitrogen and oxygen atoms in total. The predicted molar refractivity (Wildman–Crippen MR) is 97.4 cm³/mol. The van der Waals surface area contributed by atoms with E-state index in [0.717, 1.165) is 13.0 Å². The number of amides is 2. The minimum absolute atomic E-state index is 0. The number of nitrogens with two attached hydrogens (primary N) is 1. The maximum absolute atomic E-state index is 12.2. The summed E-state index contributed by atoms with van der Waals surface area (Å²) in [5.74, 6) is 1.18. The molecule has 1 aromatic heterocycles. The second kappa shape index (κ2) is 8.73. The fourth-order valence-electron chi connectivity index (χ4n) is 2.42. The Labute approximate surface area is 152 Å². The Hall–Kier alpha value is -1.25. The number of nitrogens with one attached hydrogen (secondary N) is 1. The van der Waals surface area contributed by atoms with Crippen LogP contribution in [0, 0.1) is 12.3 Å². The summed E-state index contributed by atoms with van der Waals surface area (Å²) in [4.78, 5) is 26.1. The normalized spacial score (nSPS) is 21.2. The second-order valence-corrected chi connectivity index (χ2v) is 7.67. The van der Waals surface area contributed by atoms with Gasteiger partial charge in [0.05, 0.1) is 11.0 Å². The fraction of sp³-hybridized carbons (Fsp3) is 0.667. The lowest BCUT2D eigenvalue weighted by molar-refractivity contribution is -0.127. The van der Waals surface area contributed by atoms with Gasteiger partial charge in [0.25, 0.3) is 0 Å². The number of hydrogen-bond acceptors (Lipinski definition) is 6. The van der Waals surface area contributed by atoms with Crippen LogP contribution in [0.1, 0.15) is 26.0 Å². The van der Waals surface area contributed by atoms with Crippen molar-refractivity contribution in [1.29, 1.82) is 0 Å². The number of likely N-dealkylation sites (tertiary alicyclic amines) is 1. The van der Waals surface area contributed by atoms with Crippen LogP contribution in [0.2, 0.25) is 0 Å². The van der Waals surface area contributed by atoms with Crippen molar-refractivity contribution in [3.05, 3.63) is 11.8 Å². The van der Waals surface area contributed by atoms with Crippen molar-refractivity contribution in [2.75, 3.05) is 30.7 Å². The van der Waals surface area contributed by atoms with E-state index in [2.05, 4.69) is 17.4 Å². The number of aryl methyl sites for hydroxylation is 1. The van der Waals surface area contributed by atoms with Gasteiger partial charge in [-0.1, -0.05) is 12.1 Å². The van der Waals surface area contributed by atoms with Gasteiger partial charge in [-0.05, 0) is 32.2 Å². The highest BCUT2D eigenvalue weighted by atomic mass is 35.5. The Bertz CT molecular complexity index is 583. The van der Waals surface area contributed by atoms with E-state index in [1.807, 2.05) is 4.90 Å². The van der Waals surface area contributed by atoms with E-state index >= 15 is 0 Å². The van der Waals surface area contributed by atoms with Crippen LogP contribution < -0.4 is 11.1 Å². The van der Waals surface area contributed by atoms with Crippen LogP contribution in [0.3, 0.4) is 0 Å². The lowest BCUT2D eigenvalue weighted by atomic mass is 9.90. The number of nitrogens with zero attached hydrogens (tertiary/aromatic N) is 2. The largest absolute Gasteiger partial charge is 0.360 e. The molecule has 0 aromatic carbocycles. The summed E-state index contributed by atoms with van der Waals surface area (Å²) in [6.45, 7) is 7.65. The third-order valence-electron chi connectivity index (χ3n) is 4.11. The molecule has 0 bridgehead atoms. The highest BCUT2D eigenvalue weighted by Gasteiger charge is 2.34. The van der Waals surface area contributed by atoms with E-state index in [1.165, 1.54) is 11.8 Å². The topological polar surface area (TPSA) is 101 Å². The molecule has 2 heterocycles. The lowest BCUT2D eigenvalue weighted by Gasteiger charge is -2.22. The maximum atomic E-state index is 12.2. The van der Waals surface area contributed by atoms with Crippen molar-refractivity contribution in [1.82, 2.24) is 10.1 Å². The van der Waals surface area contributed by atoms with Crippen molar-refractivity contribution in [2.24, 2.45) is 11.1 Å². The summed E-state index contributed by atoms with van der Waals surface area (Å²) < 4.78 is 4.90. The lowest BCUT2D eigenvalue weighted by Crippen LogP contribution is -2.36. The first kappa shape index (κ1) is 20.8. The van der Waals surface area contributed by atoms with Crippen LogP contribution in [0.25, 0.3) is 0 Å². The van der Waals surface area contributed by atoms with Gasteiger partial charge in [0.1, 0.15) is 5.76 Å². The molecule has 0 aliphatic carbocycles. The first-order valence-corrected chi connectivity index (χ1v) is 8.71. The smallest absolute Gasteiger partial charge is 0.238 e. The molecule has 2 atom stereocenters. The van der Waals surface area contributed by atoms with Gasteiger partial charge in [0.2, 0.25) is 11.8 Å². The summed E-state index contributed by atoms with van der Waals surface area (Å²) >= 11 is 1.32. The molecule has 9 heteroatoms. The average molecular weight is 377 g/mol.